The Morgan fingerprint density at radius 1 is 1.12 bits per heavy atom. The summed E-state index contributed by atoms with van der Waals surface area (Å²) in [6.45, 7) is 2.02. The Bertz CT molecular complexity index is 716. The predicted molar refractivity (Wildman–Crippen MR) is 90.9 cm³/mol. The summed E-state index contributed by atoms with van der Waals surface area (Å²) in [6, 6.07) is 10.5. The molecule has 0 saturated heterocycles. The fourth-order valence-electron chi connectivity index (χ4n) is 2.36. The molecule has 4 nitrogen and oxygen atoms in total. The summed E-state index contributed by atoms with van der Waals surface area (Å²) in [4.78, 5) is 12.0. The Morgan fingerprint density at radius 2 is 1.92 bits per heavy atom. The third-order valence-electron chi connectivity index (χ3n) is 3.83. The highest BCUT2D eigenvalue weighted by molar-refractivity contribution is 5.76. The van der Waals surface area contributed by atoms with Crippen molar-refractivity contribution in [3.8, 4) is 11.5 Å². The summed E-state index contributed by atoms with van der Waals surface area (Å²) < 4.78 is 24.0. The zero-order valence-corrected chi connectivity index (χ0v) is 14.2. The maximum Gasteiger partial charge on any atom is 0.220 e. The van der Waals surface area contributed by atoms with E-state index < -0.39 is 0 Å². The number of ether oxygens (including phenoxy) is 2. The summed E-state index contributed by atoms with van der Waals surface area (Å²) in [7, 11) is 3.19. The molecule has 5 heteroatoms. The van der Waals surface area contributed by atoms with Gasteiger partial charge in [0.1, 0.15) is 17.3 Å². The fourth-order valence-corrected chi connectivity index (χ4v) is 2.36. The molecule has 0 spiro atoms. The molecule has 2 aromatic carbocycles. The maximum atomic E-state index is 13.5. The van der Waals surface area contributed by atoms with Crippen molar-refractivity contribution in [3.05, 3.63) is 58.9 Å². The van der Waals surface area contributed by atoms with Crippen molar-refractivity contribution in [1.29, 1.82) is 0 Å². The molecule has 24 heavy (non-hydrogen) atoms. The Kier molecular flexibility index (Phi) is 6.18. The van der Waals surface area contributed by atoms with Crippen molar-refractivity contribution in [2.24, 2.45) is 0 Å². The molecule has 0 atom stereocenters. The zero-order chi connectivity index (χ0) is 17.5. The zero-order valence-electron chi connectivity index (χ0n) is 14.2. The lowest BCUT2D eigenvalue weighted by molar-refractivity contribution is -0.121. The molecule has 2 aromatic rings. The average Bonchev–Trinajstić information content (AvgIpc) is 2.60. The lowest BCUT2D eigenvalue weighted by Crippen LogP contribution is -2.23. The van der Waals surface area contributed by atoms with Crippen molar-refractivity contribution in [2.75, 3.05) is 14.2 Å². The molecule has 0 aliphatic rings. The number of amides is 1. The van der Waals surface area contributed by atoms with Gasteiger partial charge in [0.05, 0.1) is 14.2 Å². The summed E-state index contributed by atoms with van der Waals surface area (Å²) >= 11 is 0. The molecular formula is C19H22FNO3. The van der Waals surface area contributed by atoms with Gasteiger partial charge in [0, 0.05) is 13.0 Å². The topological polar surface area (TPSA) is 47.6 Å². The van der Waals surface area contributed by atoms with Crippen LogP contribution in [0.3, 0.4) is 0 Å². The second-order valence-corrected chi connectivity index (χ2v) is 5.54. The maximum absolute atomic E-state index is 13.5. The molecule has 0 aliphatic carbocycles. The van der Waals surface area contributed by atoms with E-state index in [-0.39, 0.29) is 11.7 Å². The fraction of sp³-hybridized carbons (Fsp3) is 0.316. The monoisotopic (exact) mass is 331 g/mol. The molecule has 0 radical (unpaired) electrons. The number of hydrogen-bond acceptors (Lipinski definition) is 3. The number of halogens is 1. The van der Waals surface area contributed by atoms with Crippen LogP contribution < -0.4 is 14.8 Å². The molecule has 1 N–H and O–H groups in total. The largest absolute Gasteiger partial charge is 0.497 e. The van der Waals surface area contributed by atoms with E-state index in [2.05, 4.69) is 5.32 Å². The number of benzene rings is 2. The van der Waals surface area contributed by atoms with Gasteiger partial charge in [0.2, 0.25) is 5.91 Å². The Morgan fingerprint density at radius 3 is 2.58 bits per heavy atom. The van der Waals surface area contributed by atoms with Gasteiger partial charge in [0.15, 0.2) is 0 Å². The molecule has 0 saturated carbocycles. The van der Waals surface area contributed by atoms with Gasteiger partial charge >= 0.3 is 0 Å². The third kappa shape index (κ3) is 4.72. The van der Waals surface area contributed by atoms with Gasteiger partial charge in [-0.25, -0.2) is 4.39 Å². The van der Waals surface area contributed by atoms with Gasteiger partial charge in [-0.1, -0.05) is 12.1 Å². The van der Waals surface area contributed by atoms with E-state index in [1.807, 2.05) is 24.3 Å². The van der Waals surface area contributed by atoms with Crippen LogP contribution in [-0.2, 0) is 17.8 Å². The molecule has 0 heterocycles. The minimum absolute atomic E-state index is 0.0964. The molecule has 0 bridgehead atoms. The van der Waals surface area contributed by atoms with E-state index in [0.29, 0.717) is 24.9 Å². The van der Waals surface area contributed by atoms with Gasteiger partial charge in [-0.2, -0.15) is 0 Å². The van der Waals surface area contributed by atoms with Gasteiger partial charge in [0.25, 0.3) is 0 Å². The van der Waals surface area contributed by atoms with E-state index in [4.69, 9.17) is 9.47 Å². The molecule has 128 valence electrons. The highest BCUT2D eigenvalue weighted by atomic mass is 19.1. The SMILES string of the molecule is COc1ccc(OC)c(CCC(=O)NCc2ccc(C)c(F)c2)c1. The van der Waals surface area contributed by atoms with Gasteiger partial charge in [-0.05, 0) is 54.3 Å². The van der Waals surface area contributed by atoms with E-state index in [1.54, 1.807) is 27.2 Å². The number of carbonyl (C=O) groups excluding carboxylic acids is 1. The smallest absolute Gasteiger partial charge is 0.220 e. The standard InChI is InChI=1S/C19H22FNO3/c1-13-4-5-14(10-17(13)20)12-21-19(22)9-6-15-11-16(23-2)7-8-18(15)24-3/h4-5,7-8,10-11H,6,9,12H2,1-3H3,(H,21,22). The molecule has 1 amide bonds. The highest BCUT2D eigenvalue weighted by Crippen LogP contribution is 2.25. The first-order valence-corrected chi connectivity index (χ1v) is 7.76. The van der Waals surface area contributed by atoms with E-state index >= 15 is 0 Å². The minimum Gasteiger partial charge on any atom is -0.497 e. The number of hydrogen-bond donors (Lipinski definition) is 1. The van der Waals surface area contributed by atoms with Crippen LogP contribution in [0.2, 0.25) is 0 Å². The molecule has 0 aromatic heterocycles. The Balaban J connectivity index is 1.90. The quantitative estimate of drug-likeness (QED) is 0.846. The van der Waals surface area contributed by atoms with Crippen LogP contribution in [0, 0.1) is 12.7 Å². The number of methoxy groups -OCH3 is 2. The number of nitrogens with one attached hydrogen (secondary N) is 1. The van der Waals surface area contributed by atoms with Crippen molar-refractivity contribution < 1.29 is 18.7 Å². The molecular weight excluding hydrogens is 309 g/mol. The van der Waals surface area contributed by atoms with Crippen LogP contribution in [-0.4, -0.2) is 20.1 Å². The number of rotatable bonds is 7. The first-order chi connectivity index (χ1) is 11.5. The van der Waals surface area contributed by atoms with Crippen LogP contribution in [0.4, 0.5) is 4.39 Å². The molecule has 0 fully saturated rings. The normalized spacial score (nSPS) is 10.3. The van der Waals surface area contributed by atoms with Crippen molar-refractivity contribution in [3.63, 3.8) is 0 Å². The first-order valence-electron chi connectivity index (χ1n) is 7.76. The Hall–Kier alpha value is -2.56. The van der Waals surface area contributed by atoms with Crippen LogP contribution in [0.5, 0.6) is 11.5 Å². The summed E-state index contributed by atoms with van der Waals surface area (Å²) in [5, 5.41) is 2.80. The summed E-state index contributed by atoms with van der Waals surface area (Å²) in [5.74, 6) is 1.09. The molecule has 0 aliphatic heterocycles. The minimum atomic E-state index is -0.261. The summed E-state index contributed by atoms with van der Waals surface area (Å²) in [5.41, 5.74) is 2.24. The van der Waals surface area contributed by atoms with Crippen LogP contribution in [0.25, 0.3) is 0 Å². The van der Waals surface area contributed by atoms with E-state index in [0.717, 1.165) is 22.6 Å². The van der Waals surface area contributed by atoms with E-state index in [1.165, 1.54) is 6.07 Å². The van der Waals surface area contributed by atoms with Gasteiger partial charge < -0.3 is 14.8 Å². The van der Waals surface area contributed by atoms with Crippen LogP contribution in [0.1, 0.15) is 23.1 Å². The van der Waals surface area contributed by atoms with Crippen LogP contribution >= 0.6 is 0 Å². The van der Waals surface area contributed by atoms with Crippen molar-refractivity contribution >= 4 is 5.91 Å². The van der Waals surface area contributed by atoms with Crippen molar-refractivity contribution in [2.45, 2.75) is 26.3 Å². The number of aryl methyl sites for hydroxylation is 2. The van der Waals surface area contributed by atoms with Gasteiger partial charge in [-0.3, -0.25) is 4.79 Å². The van der Waals surface area contributed by atoms with Gasteiger partial charge in [-0.15, -0.1) is 0 Å². The Labute approximate surface area is 141 Å². The van der Waals surface area contributed by atoms with E-state index in [9.17, 15) is 9.18 Å². The predicted octanol–water partition coefficient (Wildman–Crippen LogP) is 3.40. The highest BCUT2D eigenvalue weighted by Gasteiger charge is 2.09. The molecule has 2 rings (SSSR count). The van der Waals surface area contributed by atoms with Crippen LogP contribution in [0.15, 0.2) is 36.4 Å². The average molecular weight is 331 g/mol. The van der Waals surface area contributed by atoms with Crippen molar-refractivity contribution in [1.82, 2.24) is 5.32 Å². The lowest BCUT2D eigenvalue weighted by atomic mass is 10.1. The third-order valence-corrected chi connectivity index (χ3v) is 3.83. The first kappa shape index (κ1) is 17.8. The second kappa shape index (κ2) is 8.34. The number of carbonyl (C=O) groups is 1. The lowest BCUT2D eigenvalue weighted by Gasteiger charge is -2.11. The second-order valence-electron chi connectivity index (χ2n) is 5.54. The summed E-state index contributed by atoms with van der Waals surface area (Å²) in [6.07, 6.45) is 0.854. The molecule has 0 unspecified atom stereocenters.